The smallest absolute Gasteiger partial charge is 0.186 e. The van der Waals surface area contributed by atoms with Crippen molar-refractivity contribution < 1.29 is 0 Å². The molecule has 0 aliphatic heterocycles. The lowest BCUT2D eigenvalue weighted by Gasteiger charge is -2.33. The van der Waals surface area contributed by atoms with E-state index < -0.39 is 0 Å². The molecule has 1 aliphatic rings. The van der Waals surface area contributed by atoms with E-state index in [2.05, 4.69) is 31.1 Å². The van der Waals surface area contributed by atoms with Crippen molar-refractivity contribution in [3.63, 3.8) is 0 Å². The Labute approximate surface area is 92.5 Å². The van der Waals surface area contributed by atoms with Gasteiger partial charge in [-0.2, -0.15) is 0 Å². The molecule has 0 aromatic rings. The Kier molecular flexibility index (Phi) is 3.97. The quantitative estimate of drug-likeness (QED) is 0.471. The summed E-state index contributed by atoms with van der Waals surface area (Å²) in [5, 5.41) is 3.61. The molecule has 0 spiro atoms. The van der Waals surface area contributed by atoms with Crippen LogP contribution in [0.2, 0.25) is 0 Å². The second kappa shape index (κ2) is 4.84. The highest BCUT2D eigenvalue weighted by atomic mass is 15.0. The number of aliphatic imine (C=N–C) groups is 1. The zero-order valence-electron chi connectivity index (χ0n) is 10.1. The van der Waals surface area contributed by atoms with E-state index in [0.29, 0.717) is 12.1 Å². The molecule has 0 amide bonds. The Morgan fingerprint density at radius 3 is 2.47 bits per heavy atom. The molecule has 5 N–H and O–H groups in total. The standard InChI is InChI=1S/C11H24N4/c1-11(2,3)15-9-6-4-5-8(7-9)14-10(12)13/h8-9,15H,4-7H2,1-3H3,(H4,12,13,14). The molecule has 1 saturated carbocycles. The summed E-state index contributed by atoms with van der Waals surface area (Å²) in [6, 6.07) is 0.857. The van der Waals surface area contributed by atoms with Crippen molar-refractivity contribution in [2.45, 2.75) is 64.1 Å². The van der Waals surface area contributed by atoms with E-state index in [4.69, 9.17) is 11.5 Å². The highest BCUT2D eigenvalue weighted by Crippen LogP contribution is 2.22. The molecule has 0 bridgehead atoms. The van der Waals surface area contributed by atoms with E-state index in [-0.39, 0.29) is 11.5 Å². The van der Waals surface area contributed by atoms with Gasteiger partial charge in [-0.15, -0.1) is 0 Å². The normalized spacial score (nSPS) is 27.4. The van der Waals surface area contributed by atoms with E-state index in [1.165, 1.54) is 12.8 Å². The number of nitrogens with zero attached hydrogens (tertiary/aromatic N) is 1. The van der Waals surface area contributed by atoms with Gasteiger partial charge in [-0.05, 0) is 46.5 Å². The van der Waals surface area contributed by atoms with Crippen molar-refractivity contribution in [2.24, 2.45) is 16.5 Å². The highest BCUT2D eigenvalue weighted by molar-refractivity contribution is 5.75. The van der Waals surface area contributed by atoms with Crippen LogP contribution in [0.5, 0.6) is 0 Å². The Balaban J connectivity index is 2.46. The summed E-state index contributed by atoms with van der Waals surface area (Å²) in [6.45, 7) is 6.57. The molecular weight excluding hydrogens is 188 g/mol. The van der Waals surface area contributed by atoms with Crippen molar-refractivity contribution in [1.29, 1.82) is 0 Å². The molecule has 2 unspecified atom stereocenters. The molecule has 0 aromatic heterocycles. The van der Waals surface area contributed by atoms with Gasteiger partial charge in [0.15, 0.2) is 5.96 Å². The largest absolute Gasteiger partial charge is 0.370 e. The minimum atomic E-state index is 0.171. The maximum absolute atomic E-state index is 5.40. The fourth-order valence-electron chi connectivity index (χ4n) is 2.24. The summed E-state index contributed by atoms with van der Waals surface area (Å²) in [7, 11) is 0. The monoisotopic (exact) mass is 212 g/mol. The fourth-order valence-corrected chi connectivity index (χ4v) is 2.24. The Bertz CT molecular complexity index is 225. The van der Waals surface area contributed by atoms with Gasteiger partial charge < -0.3 is 16.8 Å². The first-order valence-corrected chi connectivity index (χ1v) is 5.73. The van der Waals surface area contributed by atoms with Crippen molar-refractivity contribution in [3.05, 3.63) is 0 Å². The second-order valence-electron chi connectivity index (χ2n) is 5.47. The van der Waals surface area contributed by atoms with Crippen LogP contribution in [0, 0.1) is 0 Å². The van der Waals surface area contributed by atoms with Gasteiger partial charge in [-0.3, -0.25) is 4.99 Å². The second-order valence-corrected chi connectivity index (χ2v) is 5.47. The van der Waals surface area contributed by atoms with Crippen LogP contribution < -0.4 is 16.8 Å². The minimum absolute atomic E-state index is 0.171. The predicted molar refractivity (Wildman–Crippen MR) is 64.7 cm³/mol. The van der Waals surface area contributed by atoms with Crippen LogP contribution in [0.4, 0.5) is 0 Å². The summed E-state index contributed by atoms with van der Waals surface area (Å²) in [5.74, 6) is 0.219. The first kappa shape index (κ1) is 12.3. The topological polar surface area (TPSA) is 76.4 Å². The molecule has 4 heteroatoms. The molecule has 15 heavy (non-hydrogen) atoms. The molecule has 1 rings (SSSR count). The minimum Gasteiger partial charge on any atom is -0.370 e. The average Bonchev–Trinajstić information content (AvgIpc) is 1.99. The third-order valence-electron chi connectivity index (χ3n) is 2.62. The van der Waals surface area contributed by atoms with Gasteiger partial charge in [0.25, 0.3) is 0 Å². The number of hydrogen-bond acceptors (Lipinski definition) is 2. The van der Waals surface area contributed by atoms with Gasteiger partial charge >= 0.3 is 0 Å². The molecule has 88 valence electrons. The third-order valence-corrected chi connectivity index (χ3v) is 2.62. The molecule has 1 aliphatic carbocycles. The van der Waals surface area contributed by atoms with Crippen LogP contribution in [0.25, 0.3) is 0 Å². The number of nitrogens with one attached hydrogen (secondary N) is 1. The van der Waals surface area contributed by atoms with Crippen LogP contribution >= 0.6 is 0 Å². The van der Waals surface area contributed by atoms with E-state index in [0.717, 1.165) is 12.8 Å². The summed E-state index contributed by atoms with van der Waals surface area (Å²) < 4.78 is 0. The van der Waals surface area contributed by atoms with Crippen molar-refractivity contribution in [2.75, 3.05) is 0 Å². The lowest BCUT2D eigenvalue weighted by molar-refractivity contribution is 0.278. The van der Waals surface area contributed by atoms with E-state index in [9.17, 15) is 0 Å². The summed E-state index contributed by atoms with van der Waals surface area (Å²) in [5.41, 5.74) is 11.0. The van der Waals surface area contributed by atoms with Gasteiger partial charge in [0, 0.05) is 11.6 Å². The maximum Gasteiger partial charge on any atom is 0.186 e. The number of rotatable bonds is 2. The first-order chi connectivity index (χ1) is 6.87. The molecule has 2 atom stereocenters. The molecule has 1 fully saturated rings. The summed E-state index contributed by atoms with van der Waals surface area (Å²) in [4.78, 5) is 4.25. The average molecular weight is 212 g/mol. The fraction of sp³-hybridized carbons (Fsp3) is 0.909. The number of nitrogens with two attached hydrogens (primary N) is 2. The van der Waals surface area contributed by atoms with Crippen molar-refractivity contribution >= 4 is 5.96 Å². The molecular formula is C11H24N4. The molecule has 0 saturated heterocycles. The Morgan fingerprint density at radius 1 is 1.27 bits per heavy atom. The van der Waals surface area contributed by atoms with Gasteiger partial charge in [-0.25, -0.2) is 0 Å². The first-order valence-electron chi connectivity index (χ1n) is 5.73. The van der Waals surface area contributed by atoms with Gasteiger partial charge in [0.2, 0.25) is 0 Å². The molecule has 0 heterocycles. The lowest BCUT2D eigenvalue weighted by Crippen LogP contribution is -2.46. The van der Waals surface area contributed by atoms with Crippen molar-refractivity contribution in [1.82, 2.24) is 5.32 Å². The number of hydrogen-bond donors (Lipinski definition) is 3. The summed E-state index contributed by atoms with van der Waals surface area (Å²) in [6.07, 6.45) is 4.60. The van der Waals surface area contributed by atoms with E-state index in [1.807, 2.05) is 0 Å². The van der Waals surface area contributed by atoms with Gasteiger partial charge in [-0.1, -0.05) is 0 Å². The molecule has 4 nitrogen and oxygen atoms in total. The highest BCUT2D eigenvalue weighted by Gasteiger charge is 2.24. The van der Waals surface area contributed by atoms with Crippen LogP contribution in [-0.4, -0.2) is 23.6 Å². The van der Waals surface area contributed by atoms with Gasteiger partial charge in [0.05, 0.1) is 6.04 Å². The molecule has 0 aromatic carbocycles. The van der Waals surface area contributed by atoms with Crippen LogP contribution in [0.1, 0.15) is 46.5 Å². The zero-order chi connectivity index (χ0) is 11.5. The van der Waals surface area contributed by atoms with Crippen LogP contribution in [-0.2, 0) is 0 Å². The lowest BCUT2D eigenvalue weighted by atomic mass is 9.90. The van der Waals surface area contributed by atoms with Crippen LogP contribution in [0.3, 0.4) is 0 Å². The third kappa shape index (κ3) is 5.02. The van der Waals surface area contributed by atoms with Crippen LogP contribution in [0.15, 0.2) is 4.99 Å². The Morgan fingerprint density at radius 2 is 1.93 bits per heavy atom. The molecule has 0 radical (unpaired) electrons. The summed E-state index contributed by atoms with van der Waals surface area (Å²) >= 11 is 0. The number of guanidine groups is 1. The van der Waals surface area contributed by atoms with Crippen molar-refractivity contribution in [3.8, 4) is 0 Å². The Hall–Kier alpha value is -0.770. The van der Waals surface area contributed by atoms with Gasteiger partial charge in [0.1, 0.15) is 0 Å². The maximum atomic E-state index is 5.40. The predicted octanol–water partition coefficient (Wildman–Crippen LogP) is 0.959. The van der Waals surface area contributed by atoms with E-state index in [1.54, 1.807) is 0 Å². The van der Waals surface area contributed by atoms with E-state index >= 15 is 0 Å². The zero-order valence-corrected chi connectivity index (χ0v) is 10.1. The SMILES string of the molecule is CC(C)(C)NC1CCCC(N=C(N)N)C1.